The number of benzene rings is 1. The Morgan fingerprint density at radius 3 is 2.71 bits per heavy atom. The number of nitrogens with one attached hydrogen (secondary N) is 2. The van der Waals surface area contributed by atoms with E-state index in [4.69, 9.17) is 0 Å². The van der Waals surface area contributed by atoms with Gasteiger partial charge in [0.05, 0.1) is 0 Å². The summed E-state index contributed by atoms with van der Waals surface area (Å²) in [6.45, 7) is 6.69. The van der Waals surface area contributed by atoms with E-state index >= 15 is 0 Å². The summed E-state index contributed by atoms with van der Waals surface area (Å²) >= 11 is 0. The van der Waals surface area contributed by atoms with Crippen molar-refractivity contribution in [3.05, 3.63) is 65.9 Å². The molecule has 0 unspecified atom stereocenters. The van der Waals surface area contributed by atoms with Gasteiger partial charge in [-0.15, -0.1) is 16.8 Å². The van der Waals surface area contributed by atoms with Gasteiger partial charge in [-0.1, -0.05) is 30.3 Å². The van der Waals surface area contributed by atoms with Gasteiger partial charge in [0.2, 0.25) is 0 Å². The molecule has 1 heterocycles. The van der Waals surface area contributed by atoms with Crippen molar-refractivity contribution in [1.82, 2.24) is 15.5 Å². The lowest BCUT2D eigenvalue weighted by Gasteiger charge is -2.08. The minimum Gasteiger partial charge on any atom is -0.364 e. The highest BCUT2D eigenvalue weighted by Crippen LogP contribution is 2.10. The molecule has 0 aliphatic rings. The van der Waals surface area contributed by atoms with Crippen LogP contribution in [0, 0.1) is 6.92 Å². The fourth-order valence-electron chi connectivity index (χ4n) is 1.80. The van der Waals surface area contributed by atoms with E-state index in [1.165, 1.54) is 11.1 Å². The largest absolute Gasteiger partial charge is 0.364 e. The van der Waals surface area contributed by atoms with Crippen LogP contribution in [0.25, 0.3) is 0 Å². The van der Waals surface area contributed by atoms with Gasteiger partial charge >= 0.3 is 0 Å². The van der Waals surface area contributed by atoms with Crippen LogP contribution in [0.1, 0.15) is 21.6 Å². The van der Waals surface area contributed by atoms with Crippen molar-refractivity contribution in [2.45, 2.75) is 13.5 Å². The molecule has 0 saturated heterocycles. The number of nitrogens with zero attached hydrogens (tertiary/aromatic N) is 2. The molecule has 108 valence electrons. The van der Waals surface area contributed by atoms with Crippen LogP contribution in [0.2, 0.25) is 0 Å². The lowest BCUT2D eigenvalue weighted by molar-refractivity contribution is 0.0952. The molecule has 1 aromatic carbocycles. The molecule has 0 atom stereocenters. The van der Waals surface area contributed by atoms with Crippen molar-refractivity contribution in [1.29, 1.82) is 0 Å². The zero-order valence-corrected chi connectivity index (χ0v) is 12.0. The maximum atomic E-state index is 11.7. The first kappa shape index (κ1) is 14.7. The number of hydrogen-bond acceptors (Lipinski definition) is 4. The van der Waals surface area contributed by atoms with Crippen LogP contribution in [0.4, 0.5) is 5.82 Å². The molecule has 0 saturated carbocycles. The van der Waals surface area contributed by atoms with E-state index in [0.717, 1.165) is 0 Å². The lowest BCUT2D eigenvalue weighted by Crippen LogP contribution is -2.24. The van der Waals surface area contributed by atoms with Crippen LogP contribution in [0.3, 0.4) is 0 Å². The lowest BCUT2D eigenvalue weighted by atomic mass is 10.1. The fraction of sp³-hybridized carbons (Fsp3) is 0.188. The molecule has 0 spiro atoms. The van der Waals surface area contributed by atoms with Gasteiger partial charge in [0.25, 0.3) is 5.91 Å². The molecule has 5 nitrogen and oxygen atoms in total. The van der Waals surface area contributed by atoms with Crippen molar-refractivity contribution in [2.75, 3.05) is 11.9 Å². The average molecular weight is 282 g/mol. The summed E-state index contributed by atoms with van der Waals surface area (Å²) in [6.07, 6.45) is 1.61. The molecule has 1 amide bonds. The van der Waals surface area contributed by atoms with E-state index in [2.05, 4.69) is 46.5 Å². The molecule has 0 fully saturated rings. The highest BCUT2D eigenvalue weighted by Gasteiger charge is 2.06. The van der Waals surface area contributed by atoms with E-state index in [1.54, 1.807) is 18.2 Å². The number of carbonyl (C=O) groups excluding carboxylic acids is 1. The van der Waals surface area contributed by atoms with E-state index in [9.17, 15) is 4.79 Å². The summed E-state index contributed by atoms with van der Waals surface area (Å²) in [6, 6.07) is 11.5. The number of rotatable bonds is 6. The Balaban J connectivity index is 1.95. The second-order valence-electron chi connectivity index (χ2n) is 4.58. The molecular formula is C16H18N4O. The number of carbonyl (C=O) groups is 1. The minimum absolute atomic E-state index is 0.257. The third-order valence-electron chi connectivity index (χ3n) is 3.03. The van der Waals surface area contributed by atoms with Gasteiger partial charge in [-0.2, -0.15) is 0 Å². The third-order valence-corrected chi connectivity index (χ3v) is 3.03. The Bertz CT molecular complexity index is 622. The second kappa shape index (κ2) is 7.19. The molecule has 0 aliphatic carbocycles. The first-order valence-electron chi connectivity index (χ1n) is 6.72. The molecule has 5 heteroatoms. The monoisotopic (exact) mass is 282 g/mol. The van der Waals surface area contributed by atoms with Crippen molar-refractivity contribution in [3.8, 4) is 0 Å². The smallest absolute Gasteiger partial charge is 0.272 e. The molecule has 21 heavy (non-hydrogen) atoms. The van der Waals surface area contributed by atoms with Crippen LogP contribution in [0.5, 0.6) is 0 Å². The molecule has 1 aromatic heterocycles. The predicted molar refractivity (Wildman–Crippen MR) is 83.1 cm³/mol. The van der Waals surface area contributed by atoms with E-state index in [0.29, 0.717) is 24.6 Å². The van der Waals surface area contributed by atoms with Crippen LogP contribution in [-0.4, -0.2) is 22.6 Å². The van der Waals surface area contributed by atoms with E-state index < -0.39 is 0 Å². The number of hydrogen-bond donors (Lipinski definition) is 2. The highest BCUT2D eigenvalue weighted by atomic mass is 16.1. The Morgan fingerprint density at radius 2 is 2.05 bits per heavy atom. The summed E-state index contributed by atoms with van der Waals surface area (Å²) in [7, 11) is 0. The SMILES string of the molecule is C=CCNC(=O)c1ccc(NCc2ccccc2C)nn1. The fourth-order valence-corrected chi connectivity index (χ4v) is 1.80. The maximum absolute atomic E-state index is 11.7. The van der Waals surface area contributed by atoms with Gasteiger partial charge in [0, 0.05) is 13.1 Å². The van der Waals surface area contributed by atoms with E-state index in [-0.39, 0.29) is 5.91 Å². The van der Waals surface area contributed by atoms with Crippen molar-refractivity contribution in [3.63, 3.8) is 0 Å². The summed E-state index contributed by atoms with van der Waals surface area (Å²) in [4.78, 5) is 11.7. The predicted octanol–water partition coefficient (Wildman–Crippen LogP) is 2.31. The van der Waals surface area contributed by atoms with Gasteiger partial charge in [-0.25, -0.2) is 0 Å². The maximum Gasteiger partial charge on any atom is 0.272 e. The van der Waals surface area contributed by atoms with Gasteiger partial charge in [-0.05, 0) is 30.2 Å². The molecule has 2 N–H and O–H groups in total. The number of aromatic nitrogens is 2. The Hall–Kier alpha value is -2.69. The standard InChI is InChI=1S/C16H18N4O/c1-3-10-17-16(21)14-8-9-15(20-19-14)18-11-13-7-5-4-6-12(13)2/h3-9H,1,10-11H2,2H3,(H,17,21)(H,18,20). The Kier molecular flexibility index (Phi) is 5.04. The zero-order valence-electron chi connectivity index (χ0n) is 12.0. The molecule has 0 bridgehead atoms. The first-order valence-corrected chi connectivity index (χ1v) is 6.72. The summed E-state index contributed by atoms with van der Waals surface area (Å²) in [5, 5.41) is 13.8. The molecular weight excluding hydrogens is 264 g/mol. The van der Waals surface area contributed by atoms with Crippen molar-refractivity contribution in [2.24, 2.45) is 0 Å². The molecule has 2 aromatic rings. The highest BCUT2D eigenvalue weighted by molar-refractivity contribution is 5.92. The third kappa shape index (κ3) is 4.14. The van der Waals surface area contributed by atoms with Crippen LogP contribution in [0.15, 0.2) is 49.1 Å². The van der Waals surface area contributed by atoms with Crippen LogP contribution >= 0.6 is 0 Å². The van der Waals surface area contributed by atoms with Gasteiger partial charge in [-0.3, -0.25) is 4.79 Å². The van der Waals surface area contributed by atoms with Crippen LogP contribution < -0.4 is 10.6 Å². The summed E-state index contributed by atoms with van der Waals surface area (Å²) in [5.74, 6) is 0.381. The first-order chi connectivity index (χ1) is 10.2. The molecule has 0 radical (unpaired) electrons. The van der Waals surface area contributed by atoms with Crippen molar-refractivity contribution >= 4 is 11.7 Å². The second-order valence-corrected chi connectivity index (χ2v) is 4.58. The van der Waals surface area contributed by atoms with Crippen LogP contribution in [-0.2, 0) is 6.54 Å². The number of amides is 1. The number of anilines is 1. The number of aryl methyl sites for hydroxylation is 1. The topological polar surface area (TPSA) is 66.9 Å². The quantitative estimate of drug-likeness (QED) is 0.798. The molecule has 2 rings (SSSR count). The average Bonchev–Trinajstić information content (AvgIpc) is 2.52. The van der Waals surface area contributed by atoms with Gasteiger partial charge < -0.3 is 10.6 Å². The normalized spacial score (nSPS) is 9.95. The Morgan fingerprint density at radius 1 is 1.24 bits per heavy atom. The minimum atomic E-state index is -0.257. The van der Waals surface area contributed by atoms with Gasteiger partial charge in [0.1, 0.15) is 5.82 Å². The van der Waals surface area contributed by atoms with E-state index in [1.807, 2.05) is 12.1 Å². The van der Waals surface area contributed by atoms with Gasteiger partial charge in [0.15, 0.2) is 5.69 Å². The zero-order chi connectivity index (χ0) is 15.1. The molecule has 0 aliphatic heterocycles. The van der Waals surface area contributed by atoms with Crippen molar-refractivity contribution < 1.29 is 4.79 Å². The summed E-state index contributed by atoms with van der Waals surface area (Å²) < 4.78 is 0. The Labute approximate surface area is 124 Å². The summed E-state index contributed by atoms with van der Waals surface area (Å²) in [5.41, 5.74) is 2.71.